The average molecular weight is 408 g/mol. The van der Waals surface area contributed by atoms with Crippen molar-refractivity contribution in [2.24, 2.45) is 11.5 Å². The number of nitrogens with zero attached hydrogens (tertiary/aromatic N) is 1. The number of hydrogen-bond acceptors (Lipinski definition) is 6. The zero-order chi connectivity index (χ0) is 21.3. The van der Waals surface area contributed by atoms with Crippen molar-refractivity contribution in [1.82, 2.24) is 4.98 Å². The monoisotopic (exact) mass is 407 g/mol. The third kappa shape index (κ3) is 3.68. The smallest absolute Gasteiger partial charge is 0.162 e. The molecule has 1 aromatic heterocycles. The number of aromatic nitrogens is 1. The highest BCUT2D eigenvalue weighted by molar-refractivity contribution is 5.89. The Kier molecular flexibility index (Phi) is 5.54. The molecular weight excluding hydrogens is 378 g/mol. The summed E-state index contributed by atoms with van der Waals surface area (Å²) in [5.74, 6) is 2.12. The molecule has 0 radical (unpaired) electrons. The lowest BCUT2D eigenvalue weighted by atomic mass is 9.74. The third-order valence-electron chi connectivity index (χ3n) is 6.16. The van der Waals surface area contributed by atoms with Crippen molar-refractivity contribution in [2.75, 3.05) is 21.3 Å². The van der Waals surface area contributed by atoms with Gasteiger partial charge in [0.2, 0.25) is 0 Å². The molecule has 3 aromatic rings. The summed E-state index contributed by atoms with van der Waals surface area (Å²) in [6.07, 6.45) is 3.49. The summed E-state index contributed by atoms with van der Waals surface area (Å²) < 4.78 is 16.4. The fourth-order valence-electron chi connectivity index (χ4n) is 4.30. The van der Waals surface area contributed by atoms with Gasteiger partial charge in [-0.2, -0.15) is 0 Å². The Morgan fingerprint density at radius 2 is 1.53 bits per heavy atom. The van der Waals surface area contributed by atoms with E-state index < -0.39 is 5.54 Å². The van der Waals surface area contributed by atoms with E-state index in [1.807, 2.05) is 36.4 Å². The van der Waals surface area contributed by atoms with Gasteiger partial charge in [-0.3, -0.25) is 0 Å². The Hall–Kier alpha value is -2.83. The normalized spacial score (nSPS) is 21.4. The molecule has 6 nitrogen and oxygen atoms in total. The summed E-state index contributed by atoms with van der Waals surface area (Å²) in [5, 5.41) is 0.989. The second kappa shape index (κ2) is 8.13. The van der Waals surface area contributed by atoms with Crippen LogP contribution in [0.3, 0.4) is 0 Å². The zero-order valence-electron chi connectivity index (χ0n) is 17.8. The van der Waals surface area contributed by atoms with Crippen LogP contribution in [0.5, 0.6) is 17.2 Å². The SMILES string of the molecule is COc1ccc(-c2cc(C3(N)CCC(N)CC3)c3cc(OC)c(OC)cc3n2)cc1. The lowest BCUT2D eigenvalue weighted by Gasteiger charge is -2.37. The Balaban J connectivity index is 1.93. The van der Waals surface area contributed by atoms with Crippen molar-refractivity contribution in [3.05, 3.63) is 48.0 Å². The van der Waals surface area contributed by atoms with E-state index in [4.69, 9.17) is 30.7 Å². The van der Waals surface area contributed by atoms with Gasteiger partial charge >= 0.3 is 0 Å². The second-order valence-corrected chi connectivity index (χ2v) is 8.00. The molecule has 0 atom stereocenters. The first-order valence-electron chi connectivity index (χ1n) is 10.2. The molecule has 0 unspecified atom stereocenters. The van der Waals surface area contributed by atoms with Crippen molar-refractivity contribution in [1.29, 1.82) is 0 Å². The Morgan fingerprint density at radius 1 is 0.900 bits per heavy atom. The van der Waals surface area contributed by atoms with E-state index >= 15 is 0 Å². The predicted octanol–water partition coefficient (Wildman–Crippen LogP) is 3.98. The van der Waals surface area contributed by atoms with Gasteiger partial charge in [-0.1, -0.05) is 0 Å². The van der Waals surface area contributed by atoms with Crippen LogP contribution in [-0.2, 0) is 5.54 Å². The van der Waals surface area contributed by atoms with Gasteiger partial charge in [0.1, 0.15) is 5.75 Å². The fraction of sp³-hybridized carbons (Fsp3) is 0.375. The average Bonchev–Trinajstić information content (AvgIpc) is 2.79. The lowest BCUT2D eigenvalue weighted by Crippen LogP contribution is -2.43. The zero-order valence-corrected chi connectivity index (χ0v) is 17.8. The maximum Gasteiger partial charge on any atom is 0.162 e. The number of nitrogens with two attached hydrogens (primary N) is 2. The maximum absolute atomic E-state index is 6.99. The molecule has 158 valence electrons. The van der Waals surface area contributed by atoms with E-state index in [-0.39, 0.29) is 6.04 Å². The van der Waals surface area contributed by atoms with Gasteiger partial charge < -0.3 is 25.7 Å². The van der Waals surface area contributed by atoms with Gasteiger partial charge in [0.15, 0.2) is 11.5 Å². The highest BCUT2D eigenvalue weighted by atomic mass is 16.5. The minimum Gasteiger partial charge on any atom is -0.497 e. The quantitative estimate of drug-likeness (QED) is 0.664. The van der Waals surface area contributed by atoms with Crippen LogP contribution in [-0.4, -0.2) is 32.4 Å². The van der Waals surface area contributed by atoms with E-state index in [0.717, 1.165) is 59.2 Å². The van der Waals surface area contributed by atoms with Crippen molar-refractivity contribution in [3.63, 3.8) is 0 Å². The van der Waals surface area contributed by atoms with Gasteiger partial charge in [0, 0.05) is 28.6 Å². The summed E-state index contributed by atoms with van der Waals surface area (Å²) >= 11 is 0. The standard InChI is InChI=1S/C24H29N3O3/c1-28-17-6-4-15(5-7-17)20-13-19(24(26)10-8-16(25)9-11-24)18-12-22(29-2)23(30-3)14-21(18)27-20/h4-7,12-14,16H,8-11,25-26H2,1-3H3. The summed E-state index contributed by atoms with van der Waals surface area (Å²) in [6, 6.07) is 14.1. The van der Waals surface area contributed by atoms with Gasteiger partial charge in [-0.05, 0) is 67.6 Å². The topological polar surface area (TPSA) is 92.6 Å². The van der Waals surface area contributed by atoms with E-state index in [1.54, 1.807) is 21.3 Å². The van der Waals surface area contributed by atoms with E-state index in [1.165, 1.54) is 0 Å². The molecule has 0 bridgehead atoms. The molecule has 1 saturated carbocycles. The number of methoxy groups -OCH3 is 3. The van der Waals surface area contributed by atoms with Crippen LogP contribution < -0.4 is 25.7 Å². The first-order valence-corrected chi connectivity index (χ1v) is 10.2. The summed E-state index contributed by atoms with van der Waals surface area (Å²) in [5.41, 5.74) is 16.5. The highest BCUT2D eigenvalue weighted by Gasteiger charge is 2.34. The predicted molar refractivity (Wildman–Crippen MR) is 119 cm³/mol. The third-order valence-corrected chi connectivity index (χ3v) is 6.16. The van der Waals surface area contributed by atoms with Gasteiger partial charge in [-0.15, -0.1) is 0 Å². The van der Waals surface area contributed by atoms with Crippen molar-refractivity contribution < 1.29 is 14.2 Å². The molecule has 4 rings (SSSR count). The van der Waals surface area contributed by atoms with Crippen molar-refractivity contribution in [3.8, 4) is 28.5 Å². The minimum atomic E-state index is -0.460. The number of pyridine rings is 1. The minimum absolute atomic E-state index is 0.213. The molecule has 0 amide bonds. The van der Waals surface area contributed by atoms with E-state index in [2.05, 4.69) is 6.07 Å². The first-order chi connectivity index (χ1) is 14.5. The van der Waals surface area contributed by atoms with Gasteiger partial charge in [-0.25, -0.2) is 4.98 Å². The van der Waals surface area contributed by atoms with E-state index in [9.17, 15) is 0 Å². The van der Waals surface area contributed by atoms with Crippen molar-refractivity contribution >= 4 is 10.9 Å². The molecule has 2 aromatic carbocycles. The molecule has 0 aliphatic heterocycles. The van der Waals surface area contributed by atoms with Crippen LogP contribution in [0.25, 0.3) is 22.2 Å². The fourth-order valence-corrected chi connectivity index (χ4v) is 4.30. The molecular formula is C24H29N3O3. The maximum atomic E-state index is 6.99. The number of rotatable bonds is 5. The van der Waals surface area contributed by atoms with Crippen LogP contribution in [0, 0.1) is 0 Å². The molecule has 0 spiro atoms. The van der Waals surface area contributed by atoms with Crippen LogP contribution in [0.2, 0.25) is 0 Å². The Labute approximate surface area is 177 Å². The number of hydrogen-bond donors (Lipinski definition) is 2. The van der Waals surface area contributed by atoms with Crippen LogP contribution in [0.1, 0.15) is 31.2 Å². The molecule has 1 aliphatic carbocycles. The molecule has 4 N–H and O–H groups in total. The number of ether oxygens (including phenoxy) is 3. The van der Waals surface area contributed by atoms with Crippen LogP contribution >= 0.6 is 0 Å². The Morgan fingerprint density at radius 3 is 2.13 bits per heavy atom. The highest BCUT2D eigenvalue weighted by Crippen LogP contribution is 2.42. The number of benzene rings is 2. The largest absolute Gasteiger partial charge is 0.497 e. The molecule has 6 heteroatoms. The first kappa shape index (κ1) is 20.4. The van der Waals surface area contributed by atoms with Crippen LogP contribution in [0.15, 0.2) is 42.5 Å². The van der Waals surface area contributed by atoms with Gasteiger partial charge in [0.25, 0.3) is 0 Å². The lowest BCUT2D eigenvalue weighted by molar-refractivity contribution is 0.279. The summed E-state index contributed by atoms with van der Waals surface area (Å²) in [4.78, 5) is 4.93. The molecule has 1 heterocycles. The summed E-state index contributed by atoms with van der Waals surface area (Å²) in [6.45, 7) is 0. The van der Waals surface area contributed by atoms with Crippen molar-refractivity contribution in [2.45, 2.75) is 37.3 Å². The summed E-state index contributed by atoms with van der Waals surface area (Å²) in [7, 11) is 4.93. The molecule has 1 fully saturated rings. The van der Waals surface area contributed by atoms with Crippen LogP contribution in [0.4, 0.5) is 0 Å². The van der Waals surface area contributed by atoms with Gasteiger partial charge in [0.05, 0.1) is 32.5 Å². The van der Waals surface area contributed by atoms with E-state index in [0.29, 0.717) is 11.5 Å². The number of fused-ring (bicyclic) bond motifs is 1. The molecule has 0 saturated heterocycles. The molecule has 1 aliphatic rings. The Bertz CT molecular complexity index is 1040. The molecule has 30 heavy (non-hydrogen) atoms. The second-order valence-electron chi connectivity index (χ2n) is 8.00.